The number of halogens is 3. The summed E-state index contributed by atoms with van der Waals surface area (Å²) in [4.78, 5) is 24.4. The average molecular weight is 426 g/mol. The predicted octanol–water partition coefficient (Wildman–Crippen LogP) is 3.61. The van der Waals surface area contributed by atoms with Crippen LogP contribution in [0.15, 0.2) is 34.7 Å². The fraction of sp³-hybridized carbons (Fsp3) is 0.429. The van der Waals surface area contributed by atoms with Crippen molar-refractivity contribution in [1.82, 2.24) is 5.32 Å². The number of aliphatic hydroxyl groups is 1. The van der Waals surface area contributed by atoms with Crippen molar-refractivity contribution in [3.8, 4) is 0 Å². The molecule has 1 aromatic carbocycles. The van der Waals surface area contributed by atoms with Gasteiger partial charge in [-0.25, -0.2) is 0 Å². The maximum absolute atomic E-state index is 13.4. The first kappa shape index (κ1) is 23.5. The van der Waals surface area contributed by atoms with Crippen LogP contribution < -0.4 is 10.6 Å². The Morgan fingerprint density at radius 1 is 1.03 bits per heavy atom. The van der Waals surface area contributed by atoms with E-state index in [0.717, 1.165) is 17.2 Å². The van der Waals surface area contributed by atoms with Crippen LogP contribution in [0.3, 0.4) is 0 Å². The van der Waals surface area contributed by atoms with Crippen molar-refractivity contribution in [2.24, 2.45) is 0 Å². The minimum atomic E-state index is -5.03. The minimum absolute atomic E-state index is 0.206. The number of aryl methyl sites for hydroxylation is 3. The molecule has 0 spiro atoms. The number of para-hydroxylation sites is 1. The fourth-order valence-electron chi connectivity index (χ4n) is 3.07. The molecule has 0 aliphatic rings. The van der Waals surface area contributed by atoms with Crippen LogP contribution in [0.2, 0.25) is 0 Å². The second kappa shape index (κ2) is 9.34. The lowest BCUT2D eigenvalue weighted by Crippen LogP contribution is -2.45. The summed E-state index contributed by atoms with van der Waals surface area (Å²) in [6, 6.07) is 7.82. The van der Waals surface area contributed by atoms with Crippen LogP contribution >= 0.6 is 0 Å². The number of alkyl halides is 3. The maximum atomic E-state index is 13.4. The highest BCUT2D eigenvalue weighted by atomic mass is 19.4. The van der Waals surface area contributed by atoms with Crippen LogP contribution in [0.1, 0.15) is 42.9 Å². The number of carbonyl (C=O) groups is 2. The Morgan fingerprint density at radius 3 is 2.10 bits per heavy atom. The second-order valence-electron chi connectivity index (χ2n) is 6.89. The van der Waals surface area contributed by atoms with Gasteiger partial charge < -0.3 is 20.2 Å². The van der Waals surface area contributed by atoms with Crippen molar-refractivity contribution >= 4 is 17.5 Å². The quantitative estimate of drug-likeness (QED) is 0.590. The molecule has 9 heteroatoms. The van der Waals surface area contributed by atoms with Crippen LogP contribution in [-0.4, -0.2) is 29.6 Å². The normalized spacial score (nSPS) is 13.6. The third-order valence-corrected chi connectivity index (χ3v) is 4.83. The van der Waals surface area contributed by atoms with Crippen molar-refractivity contribution in [3.63, 3.8) is 0 Å². The Labute approximate surface area is 172 Å². The largest absolute Gasteiger partial charge is 0.463 e. The summed E-state index contributed by atoms with van der Waals surface area (Å²) in [6.45, 7) is 4.67. The van der Waals surface area contributed by atoms with E-state index < -0.39 is 42.3 Å². The van der Waals surface area contributed by atoms with Gasteiger partial charge in [0.25, 0.3) is 0 Å². The van der Waals surface area contributed by atoms with Crippen molar-refractivity contribution in [3.05, 3.63) is 53.0 Å². The molecule has 30 heavy (non-hydrogen) atoms. The van der Waals surface area contributed by atoms with Crippen LogP contribution in [0, 0.1) is 6.92 Å². The Bertz CT molecular complexity index is 886. The molecule has 0 fully saturated rings. The highest BCUT2D eigenvalue weighted by molar-refractivity contribution is 6.39. The van der Waals surface area contributed by atoms with E-state index >= 15 is 0 Å². The Kier molecular flexibility index (Phi) is 7.30. The number of amides is 2. The molecule has 1 atom stereocenters. The Hall–Kier alpha value is -2.81. The maximum Gasteiger partial charge on any atom is 0.424 e. The van der Waals surface area contributed by atoms with Crippen LogP contribution in [0.4, 0.5) is 18.9 Å². The highest BCUT2D eigenvalue weighted by Crippen LogP contribution is 2.42. The lowest BCUT2D eigenvalue weighted by Gasteiger charge is -2.28. The standard InChI is InChI=1S/C21H25F3N2O4/c1-4-14-7-6-8-15(5-2)17(14)26-19(28)18(27)25-12-11-20(29,21(22,23)24)16-10-9-13(3)30-16/h6-10,29H,4-5,11-12H2,1-3H3,(H,25,27)(H,26,28). The van der Waals surface area contributed by atoms with E-state index in [1.807, 2.05) is 32.0 Å². The van der Waals surface area contributed by atoms with Gasteiger partial charge in [-0.05, 0) is 43.0 Å². The molecule has 3 N–H and O–H groups in total. The van der Waals surface area contributed by atoms with E-state index in [4.69, 9.17) is 4.42 Å². The summed E-state index contributed by atoms with van der Waals surface area (Å²) in [6.07, 6.45) is -4.67. The van der Waals surface area contributed by atoms with E-state index in [1.54, 1.807) is 0 Å². The zero-order chi connectivity index (χ0) is 22.5. The smallest absolute Gasteiger partial charge is 0.424 e. The van der Waals surface area contributed by atoms with Gasteiger partial charge in [0, 0.05) is 18.7 Å². The summed E-state index contributed by atoms with van der Waals surface area (Å²) in [7, 11) is 0. The number of rotatable bonds is 7. The van der Waals surface area contributed by atoms with E-state index in [0.29, 0.717) is 18.5 Å². The lowest BCUT2D eigenvalue weighted by atomic mass is 9.95. The van der Waals surface area contributed by atoms with Gasteiger partial charge in [-0.15, -0.1) is 0 Å². The number of hydrogen-bond donors (Lipinski definition) is 3. The van der Waals surface area contributed by atoms with Gasteiger partial charge in [0.05, 0.1) is 0 Å². The first-order valence-corrected chi connectivity index (χ1v) is 9.59. The first-order valence-electron chi connectivity index (χ1n) is 9.59. The van der Waals surface area contributed by atoms with Crippen LogP contribution in [0.25, 0.3) is 0 Å². The summed E-state index contributed by atoms with van der Waals surface area (Å²) in [5.74, 6) is -2.55. The topological polar surface area (TPSA) is 91.6 Å². The molecule has 2 amide bonds. The third-order valence-electron chi connectivity index (χ3n) is 4.83. The number of benzene rings is 1. The molecule has 0 aliphatic heterocycles. The van der Waals surface area contributed by atoms with Crippen molar-refractivity contribution in [2.75, 3.05) is 11.9 Å². The Morgan fingerprint density at radius 2 is 1.63 bits per heavy atom. The predicted molar refractivity (Wildman–Crippen MR) is 105 cm³/mol. The van der Waals surface area contributed by atoms with E-state index in [1.165, 1.54) is 13.0 Å². The van der Waals surface area contributed by atoms with Gasteiger partial charge in [0.1, 0.15) is 11.5 Å². The molecule has 164 valence electrons. The van der Waals surface area contributed by atoms with Crippen molar-refractivity contribution < 1.29 is 32.3 Å². The zero-order valence-electron chi connectivity index (χ0n) is 17.0. The van der Waals surface area contributed by atoms with Crippen molar-refractivity contribution in [1.29, 1.82) is 0 Å². The number of hydrogen-bond acceptors (Lipinski definition) is 4. The van der Waals surface area contributed by atoms with Crippen LogP contribution in [-0.2, 0) is 28.0 Å². The van der Waals surface area contributed by atoms with Crippen LogP contribution in [0.5, 0.6) is 0 Å². The molecule has 0 saturated carbocycles. The number of nitrogens with one attached hydrogen (secondary N) is 2. The number of carbonyl (C=O) groups excluding carboxylic acids is 2. The zero-order valence-corrected chi connectivity index (χ0v) is 17.0. The molecule has 2 rings (SSSR count). The molecule has 0 radical (unpaired) electrons. The summed E-state index contributed by atoms with van der Waals surface area (Å²) >= 11 is 0. The number of furan rings is 1. The monoisotopic (exact) mass is 426 g/mol. The molecule has 1 unspecified atom stereocenters. The first-order chi connectivity index (χ1) is 14.0. The lowest BCUT2D eigenvalue weighted by molar-refractivity contribution is -0.274. The molecular weight excluding hydrogens is 401 g/mol. The average Bonchev–Trinajstić information content (AvgIpc) is 3.13. The van der Waals surface area contributed by atoms with Gasteiger partial charge >= 0.3 is 18.0 Å². The molecule has 1 aromatic heterocycles. The molecule has 2 aromatic rings. The highest BCUT2D eigenvalue weighted by Gasteiger charge is 2.56. The molecule has 6 nitrogen and oxygen atoms in total. The number of anilines is 1. The minimum Gasteiger partial charge on any atom is -0.463 e. The SMILES string of the molecule is CCc1cccc(CC)c1NC(=O)C(=O)NCCC(O)(c1ccc(C)o1)C(F)(F)F. The van der Waals surface area contributed by atoms with E-state index in [9.17, 15) is 27.9 Å². The molecule has 1 heterocycles. The van der Waals surface area contributed by atoms with E-state index in [-0.39, 0.29) is 5.76 Å². The van der Waals surface area contributed by atoms with Gasteiger partial charge in [0.2, 0.25) is 5.60 Å². The van der Waals surface area contributed by atoms with Gasteiger partial charge in [-0.1, -0.05) is 32.0 Å². The summed E-state index contributed by atoms with van der Waals surface area (Å²) < 4.78 is 45.3. The third kappa shape index (κ3) is 5.02. The van der Waals surface area contributed by atoms with Gasteiger partial charge in [-0.2, -0.15) is 13.2 Å². The molecular formula is C21H25F3N2O4. The fourth-order valence-corrected chi connectivity index (χ4v) is 3.07. The summed E-state index contributed by atoms with van der Waals surface area (Å²) in [5.41, 5.74) is -1.07. The van der Waals surface area contributed by atoms with E-state index in [2.05, 4.69) is 10.6 Å². The Balaban J connectivity index is 2.06. The molecule has 0 aliphatic carbocycles. The van der Waals surface area contributed by atoms with Gasteiger partial charge in [0.15, 0.2) is 0 Å². The summed E-state index contributed by atoms with van der Waals surface area (Å²) in [5, 5.41) is 14.9. The molecule has 0 bridgehead atoms. The second-order valence-corrected chi connectivity index (χ2v) is 6.89. The van der Waals surface area contributed by atoms with Crippen molar-refractivity contribution in [2.45, 2.75) is 51.8 Å². The molecule has 0 saturated heterocycles. The van der Waals surface area contributed by atoms with Gasteiger partial charge in [-0.3, -0.25) is 9.59 Å².